The number of rotatable bonds is 6. The summed E-state index contributed by atoms with van der Waals surface area (Å²) in [5.74, 6) is -2.30. The Kier molecular flexibility index (Phi) is 7.10. The Bertz CT molecular complexity index is 1200. The van der Waals surface area contributed by atoms with Crippen LogP contribution in [0.2, 0.25) is 0 Å². The van der Waals surface area contributed by atoms with E-state index in [1.165, 1.54) is 28.3 Å². The highest BCUT2D eigenvalue weighted by Crippen LogP contribution is 2.41. The number of hydrogen-bond acceptors (Lipinski definition) is 5. The maximum atomic E-state index is 15.2. The fourth-order valence-corrected chi connectivity index (χ4v) is 4.37. The van der Waals surface area contributed by atoms with Crippen LogP contribution in [0.1, 0.15) is 35.3 Å². The fourth-order valence-electron chi connectivity index (χ4n) is 4.37. The van der Waals surface area contributed by atoms with Crippen molar-refractivity contribution >= 4 is 5.91 Å². The van der Waals surface area contributed by atoms with Crippen LogP contribution < -0.4 is 0 Å². The van der Waals surface area contributed by atoms with Crippen molar-refractivity contribution in [3.8, 4) is 0 Å². The number of amides is 1. The SMILES string of the molecule is CCOC1CN(C(=O)c2ccc(C(F)(F)F)cc2)[C@H](C)[C@](Cn2cncn2)(c2ccc(F)cc2F)O1. The summed E-state index contributed by atoms with van der Waals surface area (Å²) < 4.78 is 81.3. The number of carbonyl (C=O) groups is 1. The van der Waals surface area contributed by atoms with E-state index in [1.807, 2.05) is 0 Å². The second-order valence-corrected chi connectivity index (χ2v) is 8.32. The molecule has 1 aromatic heterocycles. The van der Waals surface area contributed by atoms with Crippen molar-refractivity contribution in [3.05, 3.63) is 83.4 Å². The molecule has 7 nitrogen and oxygen atoms in total. The predicted octanol–water partition coefficient (Wildman–Crippen LogP) is 4.39. The first kappa shape index (κ1) is 25.7. The molecule has 1 saturated heterocycles. The van der Waals surface area contributed by atoms with Gasteiger partial charge in [-0.05, 0) is 44.2 Å². The van der Waals surface area contributed by atoms with Crippen LogP contribution in [0.25, 0.3) is 0 Å². The minimum Gasteiger partial charge on any atom is -0.351 e. The second kappa shape index (κ2) is 9.94. The lowest BCUT2D eigenvalue weighted by Crippen LogP contribution is -2.63. The lowest BCUT2D eigenvalue weighted by Gasteiger charge is -2.51. The maximum absolute atomic E-state index is 15.2. The molecule has 3 aromatic rings. The van der Waals surface area contributed by atoms with Gasteiger partial charge >= 0.3 is 6.18 Å². The third kappa shape index (κ3) is 4.96. The quantitative estimate of drug-likeness (QED) is 0.460. The minimum atomic E-state index is -4.55. The summed E-state index contributed by atoms with van der Waals surface area (Å²) in [6.07, 6.45) is -2.92. The first-order valence-corrected chi connectivity index (χ1v) is 11.1. The summed E-state index contributed by atoms with van der Waals surface area (Å²) in [4.78, 5) is 18.8. The molecule has 36 heavy (non-hydrogen) atoms. The Morgan fingerprint density at radius 2 is 1.92 bits per heavy atom. The normalized spacial score (nSPS) is 22.6. The highest BCUT2D eigenvalue weighted by Gasteiger charge is 2.52. The summed E-state index contributed by atoms with van der Waals surface area (Å²) in [5, 5.41) is 4.07. The van der Waals surface area contributed by atoms with Gasteiger partial charge in [0.25, 0.3) is 5.91 Å². The van der Waals surface area contributed by atoms with Gasteiger partial charge in [0.2, 0.25) is 0 Å². The summed E-state index contributed by atoms with van der Waals surface area (Å²) >= 11 is 0. The second-order valence-electron chi connectivity index (χ2n) is 8.32. The van der Waals surface area contributed by atoms with Gasteiger partial charge in [-0.1, -0.05) is 6.07 Å². The number of ether oxygens (including phenoxy) is 2. The summed E-state index contributed by atoms with van der Waals surface area (Å²) in [7, 11) is 0. The molecule has 2 heterocycles. The Labute approximate surface area is 203 Å². The van der Waals surface area contributed by atoms with E-state index in [-0.39, 0.29) is 30.8 Å². The van der Waals surface area contributed by atoms with E-state index in [0.29, 0.717) is 6.07 Å². The highest BCUT2D eigenvalue weighted by molar-refractivity contribution is 5.94. The van der Waals surface area contributed by atoms with Gasteiger partial charge in [0, 0.05) is 23.8 Å². The van der Waals surface area contributed by atoms with E-state index < -0.39 is 47.2 Å². The zero-order valence-corrected chi connectivity index (χ0v) is 19.4. The van der Waals surface area contributed by atoms with Crippen LogP contribution in [-0.4, -0.2) is 51.1 Å². The van der Waals surface area contributed by atoms with Gasteiger partial charge < -0.3 is 14.4 Å². The van der Waals surface area contributed by atoms with Gasteiger partial charge in [-0.3, -0.25) is 4.79 Å². The third-order valence-corrected chi connectivity index (χ3v) is 6.15. The molecular weight excluding hydrogens is 487 g/mol. The average Bonchev–Trinajstić information content (AvgIpc) is 3.33. The van der Waals surface area contributed by atoms with E-state index in [2.05, 4.69) is 10.1 Å². The number of carbonyl (C=O) groups excluding carboxylic acids is 1. The molecule has 1 amide bonds. The molecule has 4 rings (SSSR count). The molecule has 0 aliphatic carbocycles. The van der Waals surface area contributed by atoms with Crippen molar-refractivity contribution in [1.82, 2.24) is 19.7 Å². The van der Waals surface area contributed by atoms with Crippen molar-refractivity contribution in [2.24, 2.45) is 0 Å². The number of aromatic nitrogens is 3. The standard InChI is InChI=1S/C24H23F5N4O3/c1-3-35-21-11-33(22(34)16-4-6-17(7-5-16)24(27,28)29)15(2)23(36-21,12-32-14-30-13-31-32)19-9-8-18(25)10-20(19)26/h4-10,13-15,21H,3,11-12H2,1-2H3/t15-,21?,23-/m1/s1. The van der Waals surface area contributed by atoms with E-state index >= 15 is 4.39 Å². The van der Waals surface area contributed by atoms with Gasteiger partial charge in [0.15, 0.2) is 6.29 Å². The van der Waals surface area contributed by atoms with Gasteiger partial charge in [0.1, 0.15) is 29.9 Å². The van der Waals surface area contributed by atoms with Crippen molar-refractivity contribution in [2.75, 3.05) is 13.2 Å². The van der Waals surface area contributed by atoms with Crippen molar-refractivity contribution in [1.29, 1.82) is 0 Å². The van der Waals surface area contributed by atoms with Gasteiger partial charge in [-0.25, -0.2) is 18.4 Å². The van der Waals surface area contributed by atoms with E-state index in [0.717, 1.165) is 30.3 Å². The van der Waals surface area contributed by atoms with Crippen LogP contribution in [0, 0.1) is 11.6 Å². The van der Waals surface area contributed by atoms with Crippen LogP contribution >= 0.6 is 0 Å². The molecule has 12 heteroatoms. The largest absolute Gasteiger partial charge is 0.416 e. The first-order valence-electron chi connectivity index (χ1n) is 11.1. The van der Waals surface area contributed by atoms with E-state index in [9.17, 15) is 22.4 Å². The molecule has 1 fully saturated rings. The lowest BCUT2D eigenvalue weighted by atomic mass is 9.83. The van der Waals surface area contributed by atoms with Crippen molar-refractivity contribution in [2.45, 2.75) is 44.5 Å². The first-order chi connectivity index (χ1) is 17.0. The minimum absolute atomic E-state index is 0.00114. The van der Waals surface area contributed by atoms with Crippen molar-refractivity contribution in [3.63, 3.8) is 0 Å². The van der Waals surface area contributed by atoms with E-state index in [4.69, 9.17) is 9.47 Å². The van der Waals surface area contributed by atoms with Crippen molar-refractivity contribution < 1.29 is 36.2 Å². The number of benzene rings is 2. The average molecular weight is 510 g/mol. The van der Waals surface area contributed by atoms with Gasteiger partial charge in [-0.2, -0.15) is 18.3 Å². The fraction of sp³-hybridized carbons (Fsp3) is 0.375. The summed E-state index contributed by atoms with van der Waals surface area (Å²) in [5.41, 5.74) is -2.54. The topological polar surface area (TPSA) is 69.5 Å². The molecule has 1 aliphatic rings. The van der Waals surface area contributed by atoms with E-state index in [1.54, 1.807) is 13.8 Å². The number of halogens is 5. The molecule has 0 saturated carbocycles. The number of hydrogen-bond donors (Lipinski definition) is 0. The zero-order chi connectivity index (χ0) is 26.1. The Balaban J connectivity index is 1.79. The predicted molar refractivity (Wildman–Crippen MR) is 116 cm³/mol. The molecule has 0 spiro atoms. The zero-order valence-electron chi connectivity index (χ0n) is 19.4. The molecule has 1 unspecified atom stereocenters. The molecule has 0 bridgehead atoms. The molecule has 1 aliphatic heterocycles. The van der Waals surface area contributed by atoms with Crippen LogP contribution in [0.3, 0.4) is 0 Å². The lowest BCUT2D eigenvalue weighted by molar-refractivity contribution is -0.271. The van der Waals surface area contributed by atoms with Crippen LogP contribution in [-0.2, 0) is 27.8 Å². The van der Waals surface area contributed by atoms with Gasteiger partial charge in [-0.15, -0.1) is 0 Å². The Morgan fingerprint density at radius 3 is 2.50 bits per heavy atom. The molecular formula is C24H23F5N4O3. The molecule has 192 valence electrons. The Hall–Kier alpha value is -3.38. The number of alkyl halides is 3. The van der Waals surface area contributed by atoms with Crippen LogP contribution in [0.4, 0.5) is 22.0 Å². The molecule has 2 aromatic carbocycles. The summed E-state index contributed by atoms with van der Waals surface area (Å²) in [6, 6.07) is 5.94. The van der Waals surface area contributed by atoms with Crippen LogP contribution in [0.15, 0.2) is 55.1 Å². The maximum Gasteiger partial charge on any atom is 0.416 e. The summed E-state index contributed by atoms with van der Waals surface area (Å²) in [6.45, 7) is 3.34. The molecule has 0 radical (unpaired) electrons. The Morgan fingerprint density at radius 1 is 1.19 bits per heavy atom. The molecule has 3 atom stereocenters. The monoisotopic (exact) mass is 510 g/mol. The number of morpholine rings is 1. The highest BCUT2D eigenvalue weighted by atomic mass is 19.4. The number of nitrogens with zero attached hydrogens (tertiary/aromatic N) is 4. The smallest absolute Gasteiger partial charge is 0.351 e. The third-order valence-electron chi connectivity index (χ3n) is 6.15. The molecule has 0 N–H and O–H groups in total. The van der Waals surface area contributed by atoms with Crippen LogP contribution in [0.5, 0.6) is 0 Å². The van der Waals surface area contributed by atoms with Gasteiger partial charge in [0.05, 0.1) is 24.7 Å².